The molecule has 0 aliphatic carbocycles. The Bertz CT molecular complexity index is 941. The van der Waals surface area contributed by atoms with Gasteiger partial charge in [0.2, 0.25) is 0 Å². The Kier molecular flexibility index (Phi) is 4.12. The first kappa shape index (κ1) is 15.7. The largest absolute Gasteiger partial charge is 0.341 e. The van der Waals surface area contributed by atoms with Gasteiger partial charge < -0.3 is 10.2 Å². The molecule has 5 heteroatoms. The number of carbonyl (C=O) groups excluding carboxylic acids is 1. The highest BCUT2D eigenvalue weighted by Crippen LogP contribution is 2.34. The first-order chi connectivity index (χ1) is 12.2. The Hall–Kier alpha value is -2.85. The molecule has 3 aromatic rings. The van der Waals surface area contributed by atoms with E-state index >= 15 is 0 Å². The summed E-state index contributed by atoms with van der Waals surface area (Å²) in [6, 6.07) is 19.2. The van der Waals surface area contributed by atoms with Crippen molar-refractivity contribution in [2.24, 2.45) is 0 Å². The van der Waals surface area contributed by atoms with Crippen molar-refractivity contribution in [2.75, 3.05) is 16.8 Å². The van der Waals surface area contributed by atoms with Gasteiger partial charge in [0.05, 0.1) is 10.7 Å². The molecule has 0 saturated carbocycles. The smallest absolute Gasteiger partial charge is 0.274 e. The summed E-state index contributed by atoms with van der Waals surface area (Å²) >= 11 is 6.10. The summed E-state index contributed by atoms with van der Waals surface area (Å²) in [7, 11) is 0. The van der Waals surface area contributed by atoms with Gasteiger partial charge >= 0.3 is 0 Å². The zero-order valence-corrected chi connectivity index (χ0v) is 14.2. The minimum Gasteiger partial charge on any atom is -0.341 e. The number of rotatable bonds is 3. The number of hydrogen-bond donors (Lipinski definition) is 1. The molecule has 0 bridgehead atoms. The molecule has 4 nitrogen and oxygen atoms in total. The Labute approximate surface area is 151 Å². The van der Waals surface area contributed by atoms with Gasteiger partial charge in [-0.05, 0) is 42.3 Å². The molecule has 1 N–H and O–H groups in total. The highest BCUT2D eigenvalue weighted by atomic mass is 35.5. The molecular weight excluding hydrogens is 334 g/mol. The number of benzene rings is 2. The molecule has 0 unspecified atom stereocenters. The molecule has 1 aromatic heterocycles. The van der Waals surface area contributed by atoms with Gasteiger partial charge in [0.1, 0.15) is 5.69 Å². The van der Waals surface area contributed by atoms with Gasteiger partial charge in [-0.25, -0.2) is 0 Å². The third-order valence-corrected chi connectivity index (χ3v) is 4.63. The molecule has 0 atom stereocenters. The first-order valence-corrected chi connectivity index (χ1v) is 8.47. The Morgan fingerprint density at radius 1 is 1.08 bits per heavy atom. The third kappa shape index (κ3) is 3.08. The van der Waals surface area contributed by atoms with Crippen LogP contribution in [0.4, 0.5) is 17.1 Å². The maximum absolute atomic E-state index is 12.5. The van der Waals surface area contributed by atoms with Gasteiger partial charge in [-0.3, -0.25) is 9.78 Å². The summed E-state index contributed by atoms with van der Waals surface area (Å²) in [4.78, 5) is 19.0. The molecule has 1 amide bonds. The Balaban J connectivity index is 1.60. The number of nitrogens with zero attached hydrogens (tertiary/aromatic N) is 2. The number of halogens is 1. The number of nitrogens with one attached hydrogen (secondary N) is 1. The predicted octanol–water partition coefficient (Wildman–Crippen LogP) is 4.68. The van der Waals surface area contributed by atoms with Gasteiger partial charge in [0, 0.05) is 24.1 Å². The highest BCUT2D eigenvalue weighted by Gasteiger charge is 2.21. The summed E-state index contributed by atoms with van der Waals surface area (Å²) in [6.45, 7) is 0.898. The monoisotopic (exact) mass is 349 g/mol. The summed E-state index contributed by atoms with van der Waals surface area (Å²) in [5.74, 6) is -0.276. The molecule has 25 heavy (non-hydrogen) atoms. The van der Waals surface area contributed by atoms with E-state index in [0.717, 1.165) is 18.7 Å². The fourth-order valence-electron chi connectivity index (χ4n) is 3.07. The second kappa shape index (κ2) is 6.57. The van der Waals surface area contributed by atoms with Crippen molar-refractivity contribution < 1.29 is 4.79 Å². The van der Waals surface area contributed by atoms with Gasteiger partial charge in [0.15, 0.2) is 0 Å². The Morgan fingerprint density at radius 2 is 1.88 bits per heavy atom. The zero-order chi connectivity index (χ0) is 17.2. The molecule has 4 rings (SSSR count). The molecule has 124 valence electrons. The standard InChI is InChI=1S/C20H16ClN3O/c21-16-6-2-3-7-17(16)23-20(25)18-13-15(9-11-22-18)24-12-10-14-5-1-4-8-19(14)24/h1-9,11,13H,10,12H2,(H,23,25). The van der Waals surface area contributed by atoms with Crippen molar-refractivity contribution in [1.82, 2.24) is 4.98 Å². The summed E-state index contributed by atoms with van der Waals surface area (Å²) < 4.78 is 0. The fraction of sp³-hybridized carbons (Fsp3) is 0.100. The second-order valence-corrected chi connectivity index (χ2v) is 6.27. The zero-order valence-electron chi connectivity index (χ0n) is 13.4. The van der Waals surface area contributed by atoms with Crippen LogP contribution in [0.3, 0.4) is 0 Å². The first-order valence-electron chi connectivity index (χ1n) is 8.10. The van der Waals surface area contributed by atoms with Crippen LogP contribution in [0.5, 0.6) is 0 Å². The van der Waals surface area contributed by atoms with Crippen molar-refractivity contribution in [3.05, 3.63) is 83.1 Å². The van der Waals surface area contributed by atoms with Crippen LogP contribution in [0.2, 0.25) is 5.02 Å². The van der Waals surface area contributed by atoms with Crippen LogP contribution in [0, 0.1) is 0 Å². The quantitative estimate of drug-likeness (QED) is 0.746. The van der Waals surface area contributed by atoms with E-state index in [2.05, 4.69) is 33.4 Å². The number of fused-ring (bicyclic) bond motifs is 1. The average molecular weight is 350 g/mol. The van der Waals surface area contributed by atoms with E-state index in [-0.39, 0.29) is 5.91 Å². The number of hydrogen-bond acceptors (Lipinski definition) is 3. The van der Waals surface area contributed by atoms with Crippen LogP contribution in [-0.4, -0.2) is 17.4 Å². The normalized spacial score (nSPS) is 12.8. The highest BCUT2D eigenvalue weighted by molar-refractivity contribution is 6.33. The fourth-order valence-corrected chi connectivity index (χ4v) is 3.25. The summed E-state index contributed by atoms with van der Waals surface area (Å²) in [6.07, 6.45) is 2.66. The van der Waals surface area contributed by atoms with E-state index in [1.54, 1.807) is 18.3 Å². The van der Waals surface area contributed by atoms with Gasteiger partial charge in [-0.15, -0.1) is 0 Å². The van der Waals surface area contributed by atoms with Gasteiger partial charge in [0.25, 0.3) is 5.91 Å². The van der Waals surface area contributed by atoms with Crippen LogP contribution in [0.15, 0.2) is 66.9 Å². The number of carbonyl (C=O) groups is 1. The van der Waals surface area contributed by atoms with E-state index in [4.69, 9.17) is 11.6 Å². The molecule has 0 fully saturated rings. The lowest BCUT2D eigenvalue weighted by Gasteiger charge is -2.20. The maximum atomic E-state index is 12.5. The van der Waals surface area contributed by atoms with Crippen LogP contribution in [0.1, 0.15) is 16.1 Å². The lowest BCUT2D eigenvalue weighted by atomic mass is 10.2. The van der Waals surface area contributed by atoms with Crippen LogP contribution >= 0.6 is 11.6 Å². The van der Waals surface area contributed by atoms with E-state index in [1.807, 2.05) is 30.3 Å². The van der Waals surface area contributed by atoms with Crippen LogP contribution in [0.25, 0.3) is 0 Å². The molecule has 0 saturated heterocycles. The lowest BCUT2D eigenvalue weighted by molar-refractivity contribution is 0.102. The SMILES string of the molecule is O=C(Nc1ccccc1Cl)c1cc(N2CCc3ccccc32)ccn1. The average Bonchev–Trinajstić information content (AvgIpc) is 3.08. The van der Waals surface area contributed by atoms with E-state index in [9.17, 15) is 4.79 Å². The molecule has 1 aliphatic rings. The molecule has 2 heterocycles. The van der Waals surface area contributed by atoms with E-state index < -0.39 is 0 Å². The summed E-state index contributed by atoms with van der Waals surface area (Å²) in [5, 5.41) is 3.31. The van der Waals surface area contributed by atoms with Crippen LogP contribution < -0.4 is 10.2 Å². The van der Waals surface area contributed by atoms with Crippen molar-refractivity contribution in [3.8, 4) is 0 Å². The van der Waals surface area contributed by atoms with Gasteiger partial charge in [-0.1, -0.05) is 41.9 Å². The predicted molar refractivity (Wildman–Crippen MR) is 101 cm³/mol. The molecule has 0 radical (unpaired) electrons. The molecule has 0 spiro atoms. The third-order valence-electron chi connectivity index (χ3n) is 4.30. The Morgan fingerprint density at radius 3 is 2.76 bits per heavy atom. The van der Waals surface area contributed by atoms with Crippen LogP contribution in [-0.2, 0) is 6.42 Å². The van der Waals surface area contributed by atoms with Gasteiger partial charge in [-0.2, -0.15) is 0 Å². The topological polar surface area (TPSA) is 45.2 Å². The molecular formula is C20H16ClN3O. The number of pyridine rings is 1. The van der Waals surface area contributed by atoms with E-state index in [1.165, 1.54) is 11.3 Å². The van der Waals surface area contributed by atoms with Crippen molar-refractivity contribution in [3.63, 3.8) is 0 Å². The van der Waals surface area contributed by atoms with Crippen molar-refractivity contribution in [2.45, 2.75) is 6.42 Å². The minimum atomic E-state index is -0.276. The lowest BCUT2D eigenvalue weighted by Crippen LogP contribution is -2.17. The summed E-state index contributed by atoms with van der Waals surface area (Å²) in [5.41, 5.74) is 4.41. The number of amides is 1. The maximum Gasteiger partial charge on any atom is 0.274 e. The number of aromatic nitrogens is 1. The van der Waals surface area contributed by atoms with Crippen molar-refractivity contribution >= 4 is 34.6 Å². The minimum absolute atomic E-state index is 0.276. The number of anilines is 3. The van der Waals surface area contributed by atoms with Crippen molar-refractivity contribution in [1.29, 1.82) is 0 Å². The molecule has 2 aromatic carbocycles. The second-order valence-electron chi connectivity index (χ2n) is 5.86. The van der Waals surface area contributed by atoms with E-state index in [0.29, 0.717) is 16.4 Å². The number of para-hydroxylation sites is 2. The molecule has 1 aliphatic heterocycles.